The van der Waals surface area contributed by atoms with E-state index in [-0.39, 0.29) is 0 Å². The van der Waals surface area contributed by atoms with Gasteiger partial charge in [-0.25, -0.2) is 0 Å². The molecule has 0 aromatic heterocycles. The summed E-state index contributed by atoms with van der Waals surface area (Å²) in [7, 11) is 0. The highest BCUT2D eigenvalue weighted by molar-refractivity contribution is 5.39. The minimum atomic E-state index is 0.773. The molecule has 1 aromatic carbocycles. The number of benzene rings is 1. The zero-order valence-corrected chi connectivity index (χ0v) is 14.0. The average Bonchev–Trinajstić information content (AvgIpc) is 3.25. The van der Waals surface area contributed by atoms with Crippen LogP contribution in [0.1, 0.15) is 17.5 Å². The number of hydrogen-bond donors (Lipinski definition) is 0. The van der Waals surface area contributed by atoms with E-state index in [2.05, 4.69) is 28.0 Å². The summed E-state index contributed by atoms with van der Waals surface area (Å²) in [6.45, 7) is 10.1. The Bertz CT molecular complexity index is 520. The van der Waals surface area contributed by atoms with E-state index in [0.29, 0.717) is 0 Å². The molecule has 0 radical (unpaired) electrons. The fourth-order valence-corrected chi connectivity index (χ4v) is 3.97. The monoisotopic (exact) mass is 316 g/mol. The predicted molar refractivity (Wildman–Crippen MR) is 91.2 cm³/mol. The Balaban J connectivity index is 1.20. The van der Waals surface area contributed by atoms with Crippen molar-refractivity contribution in [1.29, 1.82) is 0 Å². The normalized spacial score (nSPS) is 25.5. The lowest BCUT2D eigenvalue weighted by atomic mass is 10.1. The van der Waals surface area contributed by atoms with E-state index in [9.17, 15) is 0 Å². The maximum atomic E-state index is 5.59. The van der Waals surface area contributed by atoms with E-state index in [1.54, 1.807) is 0 Å². The van der Waals surface area contributed by atoms with Gasteiger partial charge in [0.15, 0.2) is 0 Å². The lowest BCUT2D eigenvalue weighted by molar-refractivity contribution is 0.111. The molecule has 3 aliphatic heterocycles. The molecule has 0 bridgehead atoms. The number of hydrogen-bond acceptors (Lipinski definition) is 4. The van der Waals surface area contributed by atoms with Crippen LogP contribution in [0, 0.1) is 5.92 Å². The van der Waals surface area contributed by atoms with Gasteiger partial charge in [0.25, 0.3) is 0 Å². The SMILES string of the molecule is c1cc2c(cc1CCN1CCN(CC3CCOC3)CC1)CCO2. The minimum Gasteiger partial charge on any atom is -0.493 e. The van der Waals surface area contributed by atoms with Gasteiger partial charge in [-0.1, -0.05) is 12.1 Å². The molecule has 4 rings (SSSR count). The van der Waals surface area contributed by atoms with Crippen LogP contribution >= 0.6 is 0 Å². The van der Waals surface area contributed by atoms with Gasteiger partial charge in [0, 0.05) is 52.3 Å². The van der Waals surface area contributed by atoms with E-state index < -0.39 is 0 Å². The van der Waals surface area contributed by atoms with Crippen LogP contribution in [-0.4, -0.2) is 68.9 Å². The summed E-state index contributed by atoms with van der Waals surface area (Å²) in [4.78, 5) is 5.24. The molecule has 23 heavy (non-hydrogen) atoms. The van der Waals surface area contributed by atoms with Crippen molar-refractivity contribution in [2.24, 2.45) is 5.92 Å². The maximum Gasteiger partial charge on any atom is 0.122 e. The van der Waals surface area contributed by atoms with Gasteiger partial charge in [-0.2, -0.15) is 0 Å². The number of nitrogens with zero attached hydrogens (tertiary/aromatic N) is 2. The second-order valence-corrected chi connectivity index (χ2v) is 7.16. The molecule has 0 saturated carbocycles. The summed E-state index contributed by atoms with van der Waals surface area (Å²) < 4.78 is 11.1. The zero-order chi connectivity index (χ0) is 15.5. The van der Waals surface area contributed by atoms with Crippen LogP contribution < -0.4 is 4.74 Å². The summed E-state index contributed by atoms with van der Waals surface area (Å²) in [6.07, 6.45) is 3.48. The molecule has 4 nitrogen and oxygen atoms in total. The van der Waals surface area contributed by atoms with Gasteiger partial charge in [-0.3, -0.25) is 0 Å². The minimum absolute atomic E-state index is 0.773. The Kier molecular flexibility index (Phi) is 4.83. The molecule has 0 N–H and O–H groups in total. The van der Waals surface area contributed by atoms with Crippen LogP contribution in [0.5, 0.6) is 5.75 Å². The molecular weight excluding hydrogens is 288 g/mol. The molecular formula is C19H28N2O2. The summed E-state index contributed by atoms with van der Waals surface area (Å²) >= 11 is 0. The molecule has 2 saturated heterocycles. The third-order valence-corrected chi connectivity index (χ3v) is 5.48. The molecule has 0 aliphatic carbocycles. The second-order valence-electron chi connectivity index (χ2n) is 7.16. The fraction of sp³-hybridized carbons (Fsp3) is 0.684. The number of fused-ring (bicyclic) bond motifs is 1. The summed E-state index contributed by atoms with van der Waals surface area (Å²) in [6, 6.07) is 6.73. The summed E-state index contributed by atoms with van der Waals surface area (Å²) in [5.74, 6) is 1.87. The topological polar surface area (TPSA) is 24.9 Å². The molecule has 126 valence electrons. The Hall–Kier alpha value is -1.10. The van der Waals surface area contributed by atoms with Crippen molar-refractivity contribution in [2.45, 2.75) is 19.3 Å². The summed E-state index contributed by atoms with van der Waals surface area (Å²) in [5.41, 5.74) is 2.85. The molecule has 1 atom stereocenters. The number of piperazine rings is 1. The fourth-order valence-electron chi connectivity index (χ4n) is 3.97. The van der Waals surface area contributed by atoms with Crippen molar-refractivity contribution < 1.29 is 9.47 Å². The molecule has 0 amide bonds. The van der Waals surface area contributed by atoms with E-state index in [0.717, 1.165) is 44.3 Å². The highest BCUT2D eigenvalue weighted by Crippen LogP contribution is 2.26. The number of ether oxygens (including phenoxy) is 2. The summed E-state index contributed by atoms with van der Waals surface area (Å²) in [5, 5.41) is 0. The van der Waals surface area contributed by atoms with Crippen LogP contribution in [0.4, 0.5) is 0 Å². The lowest BCUT2D eigenvalue weighted by Gasteiger charge is -2.35. The first-order valence-corrected chi connectivity index (χ1v) is 9.14. The smallest absolute Gasteiger partial charge is 0.122 e. The van der Waals surface area contributed by atoms with Crippen molar-refractivity contribution in [3.8, 4) is 5.75 Å². The van der Waals surface area contributed by atoms with Gasteiger partial charge in [0.1, 0.15) is 5.75 Å². The van der Waals surface area contributed by atoms with Crippen molar-refractivity contribution in [1.82, 2.24) is 9.80 Å². The molecule has 2 fully saturated rings. The van der Waals surface area contributed by atoms with Crippen molar-refractivity contribution in [3.05, 3.63) is 29.3 Å². The largest absolute Gasteiger partial charge is 0.493 e. The van der Waals surface area contributed by atoms with E-state index in [1.165, 1.54) is 56.8 Å². The van der Waals surface area contributed by atoms with Crippen LogP contribution in [0.15, 0.2) is 18.2 Å². The molecule has 1 aromatic rings. The Morgan fingerprint density at radius 1 is 1.04 bits per heavy atom. The quantitative estimate of drug-likeness (QED) is 0.827. The Morgan fingerprint density at radius 3 is 2.74 bits per heavy atom. The van der Waals surface area contributed by atoms with Gasteiger partial charge in [0.05, 0.1) is 13.2 Å². The maximum absolute atomic E-state index is 5.59. The van der Waals surface area contributed by atoms with E-state index in [4.69, 9.17) is 9.47 Å². The van der Waals surface area contributed by atoms with Gasteiger partial charge in [-0.05, 0) is 36.0 Å². The Labute approximate surface area is 139 Å². The van der Waals surface area contributed by atoms with E-state index in [1.807, 2.05) is 0 Å². The van der Waals surface area contributed by atoms with E-state index >= 15 is 0 Å². The lowest BCUT2D eigenvalue weighted by Crippen LogP contribution is -2.48. The molecule has 4 heteroatoms. The third-order valence-electron chi connectivity index (χ3n) is 5.48. The van der Waals surface area contributed by atoms with Gasteiger partial charge in [0.2, 0.25) is 0 Å². The molecule has 1 unspecified atom stereocenters. The van der Waals surface area contributed by atoms with Crippen molar-refractivity contribution in [3.63, 3.8) is 0 Å². The van der Waals surface area contributed by atoms with Crippen LogP contribution in [0.3, 0.4) is 0 Å². The third kappa shape index (κ3) is 3.87. The van der Waals surface area contributed by atoms with Gasteiger partial charge < -0.3 is 19.3 Å². The average molecular weight is 316 g/mol. The highest BCUT2D eigenvalue weighted by atomic mass is 16.5. The van der Waals surface area contributed by atoms with Gasteiger partial charge in [-0.15, -0.1) is 0 Å². The standard InChI is InChI=1S/C19H28N2O2/c1-2-19-18(5-12-23-19)13-16(1)3-6-20-7-9-21(10-8-20)14-17-4-11-22-15-17/h1-2,13,17H,3-12,14-15H2. The zero-order valence-electron chi connectivity index (χ0n) is 14.0. The Morgan fingerprint density at radius 2 is 1.91 bits per heavy atom. The van der Waals surface area contributed by atoms with Gasteiger partial charge >= 0.3 is 0 Å². The predicted octanol–water partition coefficient (Wildman–Crippen LogP) is 1.82. The molecule has 3 aliphatic rings. The van der Waals surface area contributed by atoms with Crippen LogP contribution in [0.25, 0.3) is 0 Å². The highest BCUT2D eigenvalue weighted by Gasteiger charge is 2.22. The number of rotatable bonds is 5. The van der Waals surface area contributed by atoms with Crippen LogP contribution in [-0.2, 0) is 17.6 Å². The molecule has 0 spiro atoms. The molecule has 3 heterocycles. The van der Waals surface area contributed by atoms with Crippen molar-refractivity contribution >= 4 is 0 Å². The second kappa shape index (κ2) is 7.20. The first-order valence-electron chi connectivity index (χ1n) is 9.14. The first kappa shape index (κ1) is 15.4. The van der Waals surface area contributed by atoms with Crippen LogP contribution in [0.2, 0.25) is 0 Å². The van der Waals surface area contributed by atoms with Crippen molar-refractivity contribution in [2.75, 3.05) is 59.1 Å². The first-order chi connectivity index (χ1) is 11.4.